The van der Waals surface area contributed by atoms with E-state index in [1.165, 1.54) is 6.07 Å². The van der Waals surface area contributed by atoms with E-state index < -0.39 is 0 Å². The molecule has 104 valence electrons. The van der Waals surface area contributed by atoms with Crippen LogP contribution in [0.4, 0.5) is 0 Å². The number of phenolic OH excluding ortho intramolecular Hbond substituents is 1. The van der Waals surface area contributed by atoms with Gasteiger partial charge in [-0.3, -0.25) is 4.79 Å². The van der Waals surface area contributed by atoms with E-state index in [-0.39, 0.29) is 11.7 Å². The number of amides is 1. The third-order valence-electron chi connectivity index (χ3n) is 2.98. The van der Waals surface area contributed by atoms with Crippen LogP contribution in [-0.2, 0) is 7.05 Å². The van der Waals surface area contributed by atoms with Gasteiger partial charge in [-0.15, -0.1) is 0 Å². The molecule has 0 aliphatic rings. The summed E-state index contributed by atoms with van der Waals surface area (Å²) in [6.07, 6.45) is 1.58. The van der Waals surface area contributed by atoms with Crippen LogP contribution in [0.15, 0.2) is 35.4 Å². The third kappa shape index (κ3) is 3.19. The SMILES string of the molecule is Cc1ccc(/C=N/NC(=O)c2ccc(I)c(O)c2)n1C. The van der Waals surface area contributed by atoms with E-state index in [0.717, 1.165) is 11.4 Å². The highest BCUT2D eigenvalue weighted by Gasteiger charge is 2.07. The Morgan fingerprint density at radius 1 is 1.40 bits per heavy atom. The Labute approximate surface area is 130 Å². The number of phenols is 1. The summed E-state index contributed by atoms with van der Waals surface area (Å²) in [5.41, 5.74) is 4.81. The summed E-state index contributed by atoms with van der Waals surface area (Å²) >= 11 is 1.99. The van der Waals surface area contributed by atoms with Crippen molar-refractivity contribution in [2.45, 2.75) is 6.92 Å². The first kappa shape index (κ1) is 14.6. The van der Waals surface area contributed by atoms with Gasteiger partial charge in [-0.25, -0.2) is 5.43 Å². The number of halogens is 1. The highest BCUT2D eigenvalue weighted by Crippen LogP contribution is 2.20. The van der Waals surface area contributed by atoms with Crippen molar-refractivity contribution >= 4 is 34.7 Å². The molecule has 0 aliphatic carbocycles. The summed E-state index contributed by atoms with van der Waals surface area (Å²) in [7, 11) is 1.93. The van der Waals surface area contributed by atoms with Crippen molar-refractivity contribution < 1.29 is 9.90 Å². The molecule has 0 saturated carbocycles. The van der Waals surface area contributed by atoms with E-state index in [4.69, 9.17) is 0 Å². The predicted molar refractivity (Wildman–Crippen MR) is 86.0 cm³/mol. The van der Waals surface area contributed by atoms with Gasteiger partial charge >= 0.3 is 0 Å². The summed E-state index contributed by atoms with van der Waals surface area (Å²) < 4.78 is 2.66. The van der Waals surface area contributed by atoms with E-state index in [2.05, 4.69) is 10.5 Å². The molecular formula is C14H14IN3O2. The maximum absolute atomic E-state index is 11.8. The summed E-state index contributed by atoms with van der Waals surface area (Å²) in [6.45, 7) is 1.99. The Balaban J connectivity index is 2.05. The molecule has 0 spiro atoms. The number of aromatic nitrogens is 1. The van der Waals surface area contributed by atoms with Crippen molar-refractivity contribution in [2.24, 2.45) is 12.1 Å². The monoisotopic (exact) mass is 383 g/mol. The highest BCUT2D eigenvalue weighted by atomic mass is 127. The smallest absolute Gasteiger partial charge is 0.271 e. The molecule has 0 unspecified atom stereocenters. The fourth-order valence-corrected chi connectivity index (χ4v) is 1.97. The number of aryl methyl sites for hydroxylation is 1. The van der Waals surface area contributed by atoms with Gasteiger partial charge < -0.3 is 9.67 Å². The minimum atomic E-state index is -0.362. The molecule has 6 heteroatoms. The van der Waals surface area contributed by atoms with E-state index in [9.17, 15) is 9.90 Å². The molecule has 1 aromatic heterocycles. The average Bonchev–Trinajstić information content (AvgIpc) is 2.73. The van der Waals surface area contributed by atoms with Gasteiger partial charge in [-0.2, -0.15) is 5.10 Å². The Hall–Kier alpha value is -1.83. The lowest BCUT2D eigenvalue weighted by Crippen LogP contribution is -2.17. The molecule has 2 aromatic rings. The molecule has 0 saturated heterocycles. The van der Waals surface area contributed by atoms with Gasteiger partial charge in [0.25, 0.3) is 5.91 Å². The minimum Gasteiger partial charge on any atom is -0.507 e. The van der Waals surface area contributed by atoms with Crippen molar-refractivity contribution in [1.82, 2.24) is 9.99 Å². The summed E-state index contributed by atoms with van der Waals surface area (Å²) in [4.78, 5) is 11.8. The van der Waals surface area contributed by atoms with Crippen molar-refractivity contribution in [2.75, 3.05) is 0 Å². The van der Waals surface area contributed by atoms with Crippen LogP contribution in [0, 0.1) is 10.5 Å². The van der Waals surface area contributed by atoms with Crippen LogP contribution < -0.4 is 5.43 Å². The lowest BCUT2D eigenvalue weighted by Gasteiger charge is -2.02. The summed E-state index contributed by atoms with van der Waals surface area (Å²) in [5.74, 6) is -0.279. The average molecular weight is 383 g/mol. The molecule has 0 bridgehead atoms. The molecule has 1 heterocycles. The topological polar surface area (TPSA) is 66.6 Å². The molecular weight excluding hydrogens is 369 g/mol. The van der Waals surface area contributed by atoms with Crippen LogP contribution in [0.5, 0.6) is 5.75 Å². The molecule has 1 amide bonds. The van der Waals surface area contributed by atoms with Crippen molar-refractivity contribution in [3.63, 3.8) is 0 Å². The van der Waals surface area contributed by atoms with Gasteiger partial charge in [-0.05, 0) is 59.8 Å². The number of nitrogens with zero attached hydrogens (tertiary/aromatic N) is 2. The van der Waals surface area contributed by atoms with Crippen LogP contribution in [0.3, 0.4) is 0 Å². The van der Waals surface area contributed by atoms with Crippen LogP contribution in [0.25, 0.3) is 0 Å². The summed E-state index contributed by atoms with van der Waals surface area (Å²) in [5, 5.41) is 13.5. The first-order valence-electron chi connectivity index (χ1n) is 5.93. The van der Waals surface area contributed by atoms with Gasteiger partial charge in [0.1, 0.15) is 5.75 Å². The Kier molecular flexibility index (Phi) is 4.43. The molecule has 0 aliphatic heterocycles. The zero-order valence-electron chi connectivity index (χ0n) is 11.1. The lowest BCUT2D eigenvalue weighted by molar-refractivity contribution is 0.0954. The molecule has 20 heavy (non-hydrogen) atoms. The zero-order valence-corrected chi connectivity index (χ0v) is 13.2. The number of carbonyl (C=O) groups excluding carboxylic acids is 1. The summed E-state index contributed by atoms with van der Waals surface area (Å²) in [6, 6.07) is 8.62. The Bertz CT molecular complexity index is 677. The van der Waals surface area contributed by atoms with E-state index >= 15 is 0 Å². The number of benzene rings is 1. The molecule has 2 rings (SSSR count). The fourth-order valence-electron chi connectivity index (χ4n) is 1.64. The standard InChI is InChI=1S/C14H14IN3O2/c1-9-3-5-11(18(9)2)8-16-17-14(20)10-4-6-12(15)13(19)7-10/h3-8,19H,1-2H3,(H,17,20)/b16-8+. The maximum atomic E-state index is 11.8. The molecule has 0 atom stereocenters. The van der Waals surface area contributed by atoms with E-state index in [0.29, 0.717) is 9.13 Å². The molecule has 1 aromatic carbocycles. The zero-order chi connectivity index (χ0) is 14.7. The molecule has 5 nitrogen and oxygen atoms in total. The van der Waals surface area contributed by atoms with Crippen LogP contribution >= 0.6 is 22.6 Å². The van der Waals surface area contributed by atoms with E-state index in [1.807, 2.05) is 53.3 Å². The maximum Gasteiger partial charge on any atom is 0.271 e. The number of nitrogens with one attached hydrogen (secondary N) is 1. The second kappa shape index (κ2) is 6.08. The number of hydrogen-bond acceptors (Lipinski definition) is 3. The van der Waals surface area contributed by atoms with Gasteiger partial charge in [0.2, 0.25) is 0 Å². The molecule has 2 N–H and O–H groups in total. The van der Waals surface area contributed by atoms with Gasteiger partial charge in [0.05, 0.1) is 15.5 Å². The number of carbonyl (C=O) groups is 1. The normalized spacial score (nSPS) is 10.9. The van der Waals surface area contributed by atoms with Crippen molar-refractivity contribution in [3.05, 3.63) is 50.9 Å². The van der Waals surface area contributed by atoms with Crippen LogP contribution in [-0.4, -0.2) is 21.8 Å². The Morgan fingerprint density at radius 2 is 2.15 bits per heavy atom. The molecule has 0 radical (unpaired) electrons. The Morgan fingerprint density at radius 3 is 2.75 bits per heavy atom. The van der Waals surface area contributed by atoms with Gasteiger partial charge in [0.15, 0.2) is 0 Å². The second-order valence-electron chi connectivity index (χ2n) is 4.32. The predicted octanol–water partition coefficient (Wildman–Crippen LogP) is 2.41. The molecule has 0 fully saturated rings. The van der Waals surface area contributed by atoms with Crippen LogP contribution in [0.1, 0.15) is 21.7 Å². The van der Waals surface area contributed by atoms with E-state index in [1.54, 1.807) is 18.3 Å². The number of hydrogen-bond donors (Lipinski definition) is 2. The number of aromatic hydroxyl groups is 1. The quantitative estimate of drug-likeness (QED) is 0.486. The second-order valence-corrected chi connectivity index (χ2v) is 5.49. The van der Waals surface area contributed by atoms with Crippen molar-refractivity contribution in [1.29, 1.82) is 0 Å². The largest absolute Gasteiger partial charge is 0.507 e. The number of hydrazone groups is 1. The minimum absolute atomic E-state index is 0.0836. The van der Waals surface area contributed by atoms with Crippen molar-refractivity contribution in [3.8, 4) is 5.75 Å². The third-order valence-corrected chi connectivity index (χ3v) is 3.90. The highest BCUT2D eigenvalue weighted by molar-refractivity contribution is 14.1. The van der Waals surface area contributed by atoms with Gasteiger partial charge in [0, 0.05) is 18.3 Å². The van der Waals surface area contributed by atoms with Crippen LogP contribution in [0.2, 0.25) is 0 Å². The first-order valence-corrected chi connectivity index (χ1v) is 7.01. The number of rotatable bonds is 3. The first-order chi connectivity index (χ1) is 9.49. The van der Waals surface area contributed by atoms with Gasteiger partial charge in [-0.1, -0.05) is 0 Å². The lowest BCUT2D eigenvalue weighted by atomic mass is 10.2. The fraction of sp³-hybridized carbons (Fsp3) is 0.143.